The molecule has 0 amide bonds. The first-order valence-electron chi connectivity index (χ1n) is 4.84. The highest BCUT2D eigenvalue weighted by Gasteiger charge is 2.19. The Morgan fingerprint density at radius 1 is 1.47 bits per heavy atom. The van der Waals surface area contributed by atoms with Gasteiger partial charge in [0, 0.05) is 5.56 Å². The Morgan fingerprint density at radius 3 is 2.53 bits per heavy atom. The molecule has 0 heterocycles. The van der Waals surface area contributed by atoms with Gasteiger partial charge in [-0.05, 0) is 47.6 Å². The zero-order valence-electron chi connectivity index (χ0n) is 9.11. The molecule has 17 heavy (non-hydrogen) atoms. The quantitative estimate of drug-likeness (QED) is 0.559. The number of aromatic hydroxyl groups is 1. The molecule has 1 aromatic rings. The van der Waals surface area contributed by atoms with Crippen molar-refractivity contribution in [1.29, 1.82) is 0 Å². The van der Waals surface area contributed by atoms with Gasteiger partial charge in [-0.2, -0.15) is 0 Å². The number of ketones is 1. The summed E-state index contributed by atoms with van der Waals surface area (Å²) in [6.45, 7) is 1.37. The van der Waals surface area contributed by atoms with Crippen LogP contribution in [0.3, 0.4) is 0 Å². The fourth-order valence-corrected chi connectivity index (χ4v) is 2.39. The fourth-order valence-electron chi connectivity index (χ4n) is 1.48. The number of halogens is 1. The lowest BCUT2D eigenvalue weighted by atomic mass is 9.98. The van der Waals surface area contributed by atoms with E-state index in [1.807, 2.05) is 22.6 Å². The van der Waals surface area contributed by atoms with Crippen LogP contribution in [0, 0.1) is 3.57 Å². The number of carbonyl (C=O) groups excluding carboxylic acids is 1. The van der Waals surface area contributed by atoms with Crippen molar-refractivity contribution in [2.45, 2.75) is 19.4 Å². The van der Waals surface area contributed by atoms with Crippen molar-refractivity contribution in [2.75, 3.05) is 0 Å². The molecule has 0 radical (unpaired) electrons. The molecule has 0 saturated carbocycles. The molecular formula is C11H12INO4. The molecule has 4 N–H and O–H groups in total. The standard InChI is InChI=1S/C11H12INO4/c1-5(14)9-6(4-7(13)11(16)17)2-3-8(15)10(9)12/h2-3,7,15H,4,13H2,1H3,(H,16,17)/t7-/m0/s1. The Kier molecular flexibility index (Phi) is 4.47. The van der Waals surface area contributed by atoms with E-state index in [9.17, 15) is 14.7 Å². The van der Waals surface area contributed by atoms with Crippen molar-refractivity contribution in [2.24, 2.45) is 5.73 Å². The van der Waals surface area contributed by atoms with Gasteiger partial charge in [0.1, 0.15) is 11.8 Å². The summed E-state index contributed by atoms with van der Waals surface area (Å²) in [5.41, 5.74) is 6.30. The lowest BCUT2D eigenvalue weighted by Gasteiger charge is -2.12. The SMILES string of the molecule is CC(=O)c1c(C[C@H](N)C(=O)O)ccc(O)c1I. The number of phenolic OH excluding ortho intramolecular Hbond substituents is 1. The molecule has 0 spiro atoms. The monoisotopic (exact) mass is 349 g/mol. The fraction of sp³-hybridized carbons (Fsp3) is 0.273. The molecule has 5 nitrogen and oxygen atoms in total. The van der Waals surface area contributed by atoms with Crippen molar-refractivity contribution in [1.82, 2.24) is 0 Å². The smallest absolute Gasteiger partial charge is 0.320 e. The third kappa shape index (κ3) is 3.16. The van der Waals surface area contributed by atoms with Gasteiger partial charge in [-0.3, -0.25) is 9.59 Å². The Morgan fingerprint density at radius 2 is 2.06 bits per heavy atom. The number of rotatable bonds is 4. The van der Waals surface area contributed by atoms with Crippen LogP contribution in [-0.2, 0) is 11.2 Å². The molecular weight excluding hydrogens is 337 g/mol. The van der Waals surface area contributed by atoms with E-state index < -0.39 is 12.0 Å². The number of hydrogen-bond donors (Lipinski definition) is 3. The number of carboxylic acids is 1. The predicted octanol–water partition coefficient (Wildman–Crippen LogP) is 1.15. The number of nitrogens with two attached hydrogens (primary N) is 1. The van der Waals surface area contributed by atoms with Crippen LogP contribution in [0.2, 0.25) is 0 Å². The maximum atomic E-state index is 11.5. The third-order valence-corrected chi connectivity index (χ3v) is 3.41. The number of carboxylic acid groups (broad SMARTS) is 1. The molecule has 0 aromatic heterocycles. The molecule has 1 atom stereocenters. The van der Waals surface area contributed by atoms with Gasteiger partial charge in [-0.15, -0.1) is 0 Å². The first-order chi connectivity index (χ1) is 7.84. The molecule has 6 heteroatoms. The van der Waals surface area contributed by atoms with Gasteiger partial charge in [0.25, 0.3) is 0 Å². The largest absolute Gasteiger partial charge is 0.507 e. The summed E-state index contributed by atoms with van der Waals surface area (Å²) < 4.78 is 0.421. The Balaban J connectivity index is 3.20. The van der Waals surface area contributed by atoms with Crippen LogP contribution in [0.5, 0.6) is 5.75 Å². The topological polar surface area (TPSA) is 101 Å². The molecule has 0 fully saturated rings. The van der Waals surface area contributed by atoms with Gasteiger partial charge >= 0.3 is 5.97 Å². The summed E-state index contributed by atoms with van der Waals surface area (Å²) in [7, 11) is 0. The maximum Gasteiger partial charge on any atom is 0.320 e. The van der Waals surface area contributed by atoms with E-state index in [1.54, 1.807) is 0 Å². The van der Waals surface area contributed by atoms with Crippen molar-refractivity contribution in [3.05, 3.63) is 26.8 Å². The lowest BCUT2D eigenvalue weighted by molar-refractivity contribution is -0.138. The summed E-state index contributed by atoms with van der Waals surface area (Å²) >= 11 is 1.85. The highest BCUT2D eigenvalue weighted by molar-refractivity contribution is 14.1. The molecule has 0 aliphatic rings. The molecule has 92 valence electrons. The van der Waals surface area contributed by atoms with Gasteiger partial charge in [0.05, 0.1) is 3.57 Å². The van der Waals surface area contributed by atoms with Crippen LogP contribution in [0.25, 0.3) is 0 Å². The van der Waals surface area contributed by atoms with E-state index in [0.717, 1.165) is 0 Å². The Hall–Kier alpha value is -1.15. The predicted molar refractivity (Wildman–Crippen MR) is 70.1 cm³/mol. The van der Waals surface area contributed by atoms with E-state index in [0.29, 0.717) is 14.7 Å². The normalized spacial score (nSPS) is 12.2. The number of carbonyl (C=O) groups is 2. The minimum absolute atomic E-state index is 0.00319. The summed E-state index contributed by atoms with van der Waals surface area (Å²) in [5, 5.41) is 18.2. The van der Waals surface area contributed by atoms with E-state index in [1.165, 1.54) is 19.1 Å². The minimum Gasteiger partial charge on any atom is -0.507 e. The van der Waals surface area contributed by atoms with Crippen molar-refractivity contribution in [3.8, 4) is 5.75 Å². The molecule has 0 aliphatic heterocycles. The lowest BCUT2D eigenvalue weighted by Crippen LogP contribution is -2.32. The molecule has 1 rings (SSSR count). The highest BCUT2D eigenvalue weighted by Crippen LogP contribution is 2.27. The average Bonchev–Trinajstić information content (AvgIpc) is 2.22. The molecule has 0 aliphatic carbocycles. The van der Waals surface area contributed by atoms with Crippen LogP contribution < -0.4 is 5.73 Å². The van der Waals surface area contributed by atoms with Crippen LogP contribution in [-0.4, -0.2) is 28.0 Å². The summed E-state index contributed by atoms with van der Waals surface area (Å²) in [5.74, 6) is -1.34. The van der Waals surface area contributed by atoms with E-state index in [2.05, 4.69) is 0 Å². The van der Waals surface area contributed by atoms with Crippen LogP contribution in [0.1, 0.15) is 22.8 Å². The zero-order valence-corrected chi connectivity index (χ0v) is 11.3. The maximum absolute atomic E-state index is 11.5. The van der Waals surface area contributed by atoms with Gasteiger partial charge in [0.2, 0.25) is 0 Å². The van der Waals surface area contributed by atoms with Gasteiger partial charge < -0.3 is 15.9 Å². The number of aliphatic carboxylic acids is 1. The van der Waals surface area contributed by atoms with Gasteiger partial charge in [-0.1, -0.05) is 6.07 Å². The second-order valence-corrected chi connectivity index (χ2v) is 4.72. The van der Waals surface area contributed by atoms with Crippen molar-refractivity contribution < 1.29 is 19.8 Å². The number of hydrogen-bond acceptors (Lipinski definition) is 4. The minimum atomic E-state index is -1.12. The summed E-state index contributed by atoms with van der Waals surface area (Å²) in [4.78, 5) is 22.2. The Labute approximate surface area is 112 Å². The first-order valence-corrected chi connectivity index (χ1v) is 5.92. The second-order valence-electron chi connectivity index (χ2n) is 3.64. The van der Waals surface area contributed by atoms with Gasteiger partial charge in [0.15, 0.2) is 5.78 Å². The van der Waals surface area contributed by atoms with Crippen LogP contribution in [0.15, 0.2) is 12.1 Å². The average molecular weight is 349 g/mol. The van der Waals surface area contributed by atoms with E-state index in [4.69, 9.17) is 10.8 Å². The molecule has 0 saturated heterocycles. The first kappa shape index (κ1) is 13.9. The van der Waals surface area contributed by atoms with Crippen LogP contribution >= 0.6 is 22.6 Å². The van der Waals surface area contributed by atoms with Crippen molar-refractivity contribution >= 4 is 34.3 Å². The second kappa shape index (κ2) is 5.46. The van der Waals surface area contributed by atoms with Crippen molar-refractivity contribution in [3.63, 3.8) is 0 Å². The Bertz CT molecular complexity index is 473. The third-order valence-electron chi connectivity index (χ3n) is 2.32. The molecule has 0 unspecified atom stereocenters. The number of phenols is 1. The van der Waals surface area contributed by atoms with E-state index >= 15 is 0 Å². The summed E-state index contributed by atoms with van der Waals surface area (Å²) in [6.07, 6.45) is 0.0561. The molecule has 1 aromatic carbocycles. The zero-order chi connectivity index (χ0) is 13.2. The van der Waals surface area contributed by atoms with E-state index in [-0.39, 0.29) is 18.0 Å². The highest BCUT2D eigenvalue weighted by atomic mass is 127. The van der Waals surface area contributed by atoms with Gasteiger partial charge in [-0.25, -0.2) is 0 Å². The summed E-state index contributed by atoms with van der Waals surface area (Å²) in [6, 6.07) is 1.89. The van der Waals surface area contributed by atoms with Crippen LogP contribution in [0.4, 0.5) is 0 Å². The number of benzene rings is 1. The molecule has 0 bridgehead atoms. The number of Topliss-reactive ketones (excluding diaryl/α,β-unsaturated/α-hetero) is 1.